The van der Waals surface area contributed by atoms with Gasteiger partial charge in [-0.25, -0.2) is 0 Å². The Morgan fingerprint density at radius 1 is 1.18 bits per heavy atom. The molecule has 2 aromatic carbocycles. The minimum absolute atomic E-state index is 0. The molecule has 2 aromatic rings. The van der Waals surface area contributed by atoms with Gasteiger partial charge in [0.25, 0.3) is 0 Å². The summed E-state index contributed by atoms with van der Waals surface area (Å²) < 4.78 is 0. The van der Waals surface area contributed by atoms with Gasteiger partial charge < -0.3 is 10.2 Å². The molecule has 9 heteroatoms. The first-order valence-electron chi connectivity index (χ1n) is 8.24. The third-order valence-electron chi connectivity index (χ3n) is 4.03. The SMILES string of the molecule is CN(C(=O)CSC1=NCCN1)c1ccc(Cl)cc1C(=O)c1ccccc1Cl.Cl. The zero-order chi connectivity index (χ0) is 19.4. The Kier molecular flexibility index (Phi) is 8.19. The zero-order valence-corrected chi connectivity index (χ0v) is 18.1. The van der Waals surface area contributed by atoms with Crippen molar-refractivity contribution in [3.05, 3.63) is 63.6 Å². The Labute approximate surface area is 183 Å². The number of amidine groups is 1. The fraction of sp³-hybridized carbons (Fsp3) is 0.211. The molecular weight excluding hydrogens is 441 g/mol. The number of nitrogens with one attached hydrogen (secondary N) is 1. The van der Waals surface area contributed by atoms with Gasteiger partial charge in [0.15, 0.2) is 11.0 Å². The van der Waals surface area contributed by atoms with Crippen LogP contribution in [-0.2, 0) is 4.79 Å². The first-order valence-corrected chi connectivity index (χ1v) is 9.98. The average molecular weight is 459 g/mol. The normalized spacial score (nSPS) is 12.6. The van der Waals surface area contributed by atoms with Crippen molar-refractivity contribution >= 4 is 69.9 Å². The van der Waals surface area contributed by atoms with E-state index in [-0.39, 0.29) is 29.9 Å². The van der Waals surface area contributed by atoms with E-state index < -0.39 is 0 Å². The van der Waals surface area contributed by atoms with Crippen molar-refractivity contribution in [2.45, 2.75) is 0 Å². The second kappa shape index (κ2) is 10.2. The van der Waals surface area contributed by atoms with Gasteiger partial charge in [-0.05, 0) is 30.3 Å². The van der Waals surface area contributed by atoms with E-state index in [1.165, 1.54) is 16.7 Å². The number of thioether (sulfide) groups is 1. The number of carbonyl (C=O) groups excluding carboxylic acids is 2. The third kappa shape index (κ3) is 5.20. The number of aliphatic imine (C=N–C) groups is 1. The maximum Gasteiger partial charge on any atom is 0.237 e. The van der Waals surface area contributed by atoms with Crippen LogP contribution in [0.25, 0.3) is 0 Å². The van der Waals surface area contributed by atoms with Gasteiger partial charge in [0, 0.05) is 29.7 Å². The highest BCUT2D eigenvalue weighted by atomic mass is 35.5. The van der Waals surface area contributed by atoms with E-state index in [1.54, 1.807) is 49.5 Å². The van der Waals surface area contributed by atoms with Crippen LogP contribution in [0.4, 0.5) is 5.69 Å². The number of halogens is 3. The number of benzene rings is 2. The van der Waals surface area contributed by atoms with Crippen molar-refractivity contribution in [2.24, 2.45) is 4.99 Å². The smallest absolute Gasteiger partial charge is 0.237 e. The zero-order valence-electron chi connectivity index (χ0n) is 14.9. The number of rotatable bonds is 5. The van der Waals surface area contributed by atoms with Crippen LogP contribution in [0.15, 0.2) is 47.5 Å². The highest BCUT2D eigenvalue weighted by Crippen LogP contribution is 2.29. The number of hydrogen-bond acceptors (Lipinski definition) is 5. The second-order valence-corrected chi connectivity index (χ2v) is 7.63. The molecule has 1 heterocycles. The van der Waals surface area contributed by atoms with E-state index in [4.69, 9.17) is 23.2 Å². The minimum Gasteiger partial charge on any atom is -0.363 e. The molecule has 0 unspecified atom stereocenters. The summed E-state index contributed by atoms with van der Waals surface area (Å²) in [4.78, 5) is 31.4. The largest absolute Gasteiger partial charge is 0.363 e. The van der Waals surface area contributed by atoms with Gasteiger partial charge >= 0.3 is 0 Å². The molecular formula is C19H18Cl3N3O2S. The van der Waals surface area contributed by atoms with Crippen LogP contribution in [0.3, 0.4) is 0 Å². The van der Waals surface area contributed by atoms with E-state index in [9.17, 15) is 9.59 Å². The van der Waals surface area contributed by atoms with E-state index in [2.05, 4.69) is 10.3 Å². The van der Waals surface area contributed by atoms with Crippen LogP contribution in [0.5, 0.6) is 0 Å². The van der Waals surface area contributed by atoms with Gasteiger partial charge in [0.05, 0.1) is 23.0 Å². The summed E-state index contributed by atoms with van der Waals surface area (Å²) in [6, 6.07) is 11.7. The molecule has 0 saturated heterocycles. The van der Waals surface area contributed by atoms with Crippen molar-refractivity contribution in [1.29, 1.82) is 0 Å². The Morgan fingerprint density at radius 3 is 2.61 bits per heavy atom. The van der Waals surface area contributed by atoms with Crippen LogP contribution >= 0.6 is 47.4 Å². The van der Waals surface area contributed by atoms with E-state index in [0.29, 0.717) is 26.9 Å². The van der Waals surface area contributed by atoms with Crippen LogP contribution < -0.4 is 10.2 Å². The molecule has 148 valence electrons. The Bertz CT molecular complexity index is 921. The molecule has 1 N–H and O–H groups in total. The fourth-order valence-electron chi connectivity index (χ4n) is 2.61. The van der Waals surface area contributed by atoms with Crippen molar-refractivity contribution < 1.29 is 9.59 Å². The topological polar surface area (TPSA) is 61.8 Å². The second-order valence-electron chi connectivity index (χ2n) is 5.83. The quantitative estimate of drug-likeness (QED) is 0.679. The van der Waals surface area contributed by atoms with E-state index in [0.717, 1.165) is 18.3 Å². The number of ketones is 1. The van der Waals surface area contributed by atoms with Crippen molar-refractivity contribution in [2.75, 3.05) is 30.8 Å². The van der Waals surface area contributed by atoms with Gasteiger partial charge in [-0.1, -0.05) is 47.1 Å². The molecule has 0 aromatic heterocycles. The number of amides is 1. The number of nitrogens with zero attached hydrogens (tertiary/aromatic N) is 2. The Morgan fingerprint density at radius 2 is 1.93 bits per heavy atom. The van der Waals surface area contributed by atoms with E-state index >= 15 is 0 Å². The molecule has 0 aliphatic carbocycles. The highest BCUT2D eigenvalue weighted by Gasteiger charge is 2.22. The maximum absolute atomic E-state index is 13.0. The molecule has 0 saturated carbocycles. The lowest BCUT2D eigenvalue weighted by Crippen LogP contribution is -2.30. The number of hydrogen-bond donors (Lipinski definition) is 1. The molecule has 1 amide bonds. The highest BCUT2D eigenvalue weighted by molar-refractivity contribution is 8.14. The molecule has 0 fully saturated rings. The van der Waals surface area contributed by atoms with Crippen molar-refractivity contribution in [3.8, 4) is 0 Å². The minimum atomic E-state index is -0.285. The first-order chi connectivity index (χ1) is 13.0. The van der Waals surface area contributed by atoms with Crippen molar-refractivity contribution in [1.82, 2.24) is 5.32 Å². The summed E-state index contributed by atoms with van der Waals surface area (Å²) >= 11 is 13.6. The summed E-state index contributed by atoms with van der Waals surface area (Å²) in [5, 5.41) is 4.64. The third-order valence-corrected chi connectivity index (χ3v) is 5.54. The predicted molar refractivity (Wildman–Crippen MR) is 120 cm³/mol. The lowest BCUT2D eigenvalue weighted by atomic mass is 10.0. The maximum atomic E-state index is 13.0. The summed E-state index contributed by atoms with van der Waals surface area (Å²) in [5.74, 6) is -0.218. The summed E-state index contributed by atoms with van der Waals surface area (Å²) in [5.41, 5.74) is 1.17. The average Bonchev–Trinajstić information content (AvgIpc) is 3.19. The Balaban J connectivity index is 0.00000280. The van der Waals surface area contributed by atoms with Crippen LogP contribution in [-0.4, -0.2) is 42.7 Å². The van der Waals surface area contributed by atoms with Crippen LogP contribution in [0.1, 0.15) is 15.9 Å². The van der Waals surface area contributed by atoms with Gasteiger partial charge in [-0.2, -0.15) is 0 Å². The number of carbonyl (C=O) groups is 2. The molecule has 3 rings (SSSR count). The molecule has 0 radical (unpaired) electrons. The molecule has 0 spiro atoms. The molecule has 0 atom stereocenters. The summed E-state index contributed by atoms with van der Waals surface area (Å²) in [6.45, 7) is 1.51. The standard InChI is InChI=1S/C19H17Cl2N3O2S.ClH/c1-24(17(25)11-27-19-22-8-9-23-19)16-7-6-12(20)10-14(16)18(26)13-4-2-3-5-15(13)21;/h2-7,10H,8-9,11H2,1H3,(H,22,23);1H. The van der Waals surface area contributed by atoms with Gasteiger partial charge in [-0.3, -0.25) is 14.6 Å². The molecule has 1 aliphatic rings. The van der Waals surface area contributed by atoms with Gasteiger partial charge in [0.2, 0.25) is 5.91 Å². The number of anilines is 1. The van der Waals surface area contributed by atoms with Crippen LogP contribution in [0.2, 0.25) is 10.0 Å². The molecule has 5 nitrogen and oxygen atoms in total. The molecule has 28 heavy (non-hydrogen) atoms. The Hall–Kier alpha value is -1.73. The lowest BCUT2D eigenvalue weighted by molar-refractivity contribution is -0.115. The van der Waals surface area contributed by atoms with E-state index in [1.807, 2.05) is 0 Å². The summed E-state index contributed by atoms with van der Waals surface area (Å²) in [6.07, 6.45) is 0. The van der Waals surface area contributed by atoms with Gasteiger partial charge in [0.1, 0.15) is 0 Å². The fourth-order valence-corrected chi connectivity index (χ4v) is 3.84. The first kappa shape index (κ1) is 22.6. The monoisotopic (exact) mass is 457 g/mol. The molecule has 1 aliphatic heterocycles. The predicted octanol–water partition coefficient (Wildman–Crippen LogP) is 4.30. The summed E-state index contributed by atoms with van der Waals surface area (Å²) in [7, 11) is 1.64. The molecule has 0 bridgehead atoms. The van der Waals surface area contributed by atoms with Gasteiger partial charge in [-0.15, -0.1) is 12.4 Å². The van der Waals surface area contributed by atoms with Crippen LogP contribution in [0, 0.1) is 0 Å². The lowest BCUT2D eigenvalue weighted by Gasteiger charge is -2.20. The van der Waals surface area contributed by atoms with Crippen molar-refractivity contribution in [3.63, 3.8) is 0 Å².